The molecule has 0 amide bonds. The molecule has 0 N–H and O–H groups in total. The summed E-state index contributed by atoms with van der Waals surface area (Å²) in [4.78, 5) is 2.70. The summed E-state index contributed by atoms with van der Waals surface area (Å²) in [6.07, 6.45) is 5.12. The first-order valence-corrected chi connectivity index (χ1v) is 8.61. The lowest BCUT2D eigenvalue weighted by Gasteiger charge is -2.44. The first-order chi connectivity index (χ1) is 10.6. The molecule has 3 nitrogen and oxygen atoms in total. The fraction of sp³-hybridized carbons (Fsp3) is 0.684. The molecule has 1 saturated heterocycles. The summed E-state index contributed by atoms with van der Waals surface area (Å²) in [6, 6.07) is 4.98. The van der Waals surface area contributed by atoms with Gasteiger partial charge in [-0.15, -0.1) is 0 Å². The van der Waals surface area contributed by atoms with Gasteiger partial charge in [0.15, 0.2) is 11.5 Å². The molecule has 22 heavy (non-hydrogen) atoms. The lowest BCUT2D eigenvalue weighted by Crippen LogP contribution is -2.42. The predicted octanol–water partition coefficient (Wildman–Crippen LogP) is 4.06. The van der Waals surface area contributed by atoms with Crippen molar-refractivity contribution in [1.82, 2.24) is 4.90 Å². The van der Waals surface area contributed by atoms with Crippen LogP contribution >= 0.6 is 0 Å². The lowest BCUT2D eigenvalue weighted by atomic mass is 9.81. The molecule has 1 aromatic rings. The van der Waals surface area contributed by atoms with Gasteiger partial charge in [0.2, 0.25) is 0 Å². The minimum Gasteiger partial charge on any atom is -0.493 e. The van der Waals surface area contributed by atoms with Crippen LogP contribution < -0.4 is 9.47 Å². The van der Waals surface area contributed by atoms with Crippen LogP contribution in [0.3, 0.4) is 0 Å². The number of piperidine rings is 1. The van der Waals surface area contributed by atoms with Crippen molar-refractivity contribution >= 4 is 0 Å². The van der Waals surface area contributed by atoms with E-state index in [1.165, 1.54) is 43.5 Å². The van der Waals surface area contributed by atoms with Crippen LogP contribution in [-0.2, 0) is 6.42 Å². The van der Waals surface area contributed by atoms with Crippen molar-refractivity contribution in [2.75, 3.05) is 27.3 Å². The summed E-state index contributed by atoms with van der Waals surface area (Å²) < 4.78 is 11.0. The number of ether oxygens (including phenoxy) is 2. The van der Waals surface area contributed by atoms with Gasteiger partial charge in [0.05, 0.1) is 14.2 Å². The molecule has 2 aliphatic rings. The van der Waals surface area contributed by atoms with E-state index in [1.54, 1.807) is 14.2 Å². The first kappa shape index (κ1) is 15.7. The Labute approximate surface area is 134 Å². The molecule has 3 rings (SSSR count). The van der Waals surface area contributed by atoms with Gasteiger partial charge in [-0.25, -0.2) is 0 Å². The van der Waals surface area contributed by atoms with Crippen LogP contribution in [0.4, 0.5) is 0 Å². The highest BCUT2D eigenvalue weighted by atomic mass is 16.5. The van der Waals surface area contributed by atoms with Crippen LogP contribution in [0, 0.1) is 11.8 Å². The number of fused-ring (bicyclic) bond motifs is 3. The number of hydrogen-bond acceptors (Lipinski definition) is 3. The molecule has 0 bridgehead atoms. The molecule has 2 heterocycles. The third-order valence-corrected chi connectivity index (χ3v) is 5.26. The van der Waals surface area contributed by atoms with Gasteiger partial charge in [-0.3, -0.25) is 4.90 Å². The summed E-state index contributed by atoms with van der Waals surface area (Å²) in [5.41, 5.74) is 2.91. The molecular weight excluding hydrogens is 274 g/mol. The topological polar surface area (TPSA) is 21.7 Å². The Morgan fingerprint density at radius 2 is 1.86 bits per heavy atom. The van der Waals surface area contributed by atoms with Crippen LogP contribution in [0.1, 0.15) is 50.3 Å². The van der Waals surface area contributed by atoms with Crippen LogP contribution in [0.2, 0.25) is 0 Å². The van der Waals surface area contributed by atoms with Crippen LogP contribution in [-0.4, -0.2) is 32.2 Å². The fourth-order valence-corrected chi connectivity index (χ4v) is 4.31. The summed E-state index contributed by atoms with van der Waals surface area (Å²) >= 11 is 0. The standard InChI is InChI=1S/C19H29NO2/c1-13(2)9-14-5-6-17-16-11-19(22-4)18(21-3)10-15(16)7-8-20(17)12-14/h10-11,13-14,17H,5-9,12H2,1-4H3/t14-,17-/m0/s1. The second-order valence-corrected chi connectivity index (χ2v) is 7.24. The van der Waals surface area contributed by atoms with Gasteiger partial charge in [-0.05, 0) is 60.8 Å². The molecular formula is C19H29NO2. The van der Waals surface area contributed by atoms with Gasteiger partial charge in [0.25, 0.3) is 0 Å². The Balaban J connectivity index is 1.82. The van der Waals surface area contributed by atoms with Gasteiger partial charge in [0.1, 0.15) is 0 Å². The number of methoxy groups -OCH3 is 2. The Kier molecular flexibility index (Phi) is 4.62. The molecule has 0 spiro atoms. The zero-order chi connectivity index (χ0) is 15.7. The summed E-state index contributed by atoms with van der Waals surface area (Å²) in [5.74, 6) is 3.41. The minimum absolute atomic E-state index is 0.576. The maximum Gasteiger partial charge on any atom is 0.161 e. The second-order valence-electron chi connectivity index (χ2n) is 7.24. The summed E-state index contributed by atoms with van der Waals surface area (Å²) in [7, 11) is 3.45. The summed E-state index contributed by atoms with van der Waals surface area (Å²) in [6.45, 7) is 7.13. The van der Waals surface area contributed by atoms with E-state index < -0.39 is 0 Å². The van der Waals surface area contributed by atoms with Crippen molar-refractivity contribution in [3.8, 4) is 11.5 Å². The molecule has 0 radical (unpaired) electrons. The van der Waals surface area contributed by atoms with Gasteiger partial charge in [0, 0.05) is 19.1 Å². The van der Waals surface area contributed by atoms with E-state index in [4.69, 9.17) is 9.47 Å². The molecule has 2 atom stereocenters. The maximum absolute atomic E-state index is 5.51. The smallest absolute Gasteiger partial charge is 0.161 e. The fourth-order valence-electron chi connectivity index (χ4n) is 4.31. The van der Waals surface area contributed by atoms with E-state index in [2.05, 4.69) is 30.9 Å². The van der Waals surface area contributed by atoms with E-state index in [9.17, 15) is 0 Å². The monoisotopic (exact) mass is 303 g/mol. The highest BCUT2D eigenvalue weighted by Crippen LogP contribution is 2.43. The molecule has 1 fully saturated rings. The van der Waals surface area contributed by atoms with E-state index in [-0.39, 0.29) is 0 Å². The van der Waals surface area contributed by atoms with Crippen molar-refractivity contribution in [3.63, 3.8) is 0 Å². The largest absolute Gasteiger partial charge is 0.493 e. The third-order valence-electron chi connectivity index (χ3n) is 5.26. The van der Waals surface area contributed by atoms with E-state index in [0.29, 0.717) is 6.04 Å². The Morgan fingerprint density at radius 1 is 1.14 bits per heavy atom. The Bertz CT molecular complexity index is 526. The van der Waals surface area contributed by atoms with Gasteiger partial charge in [-0.2, -0.15) is 0 Å². The first-order valence-electron chi connectivity index (χ1n) is 8.61. The third kappa shape index (κ3) is 2.96. The van der Waals surface area contributed by atoms with Crippen LogP contribution in [0.25, 0.3) is 0 Å². The molecule has 122 valence electrons. The van der Waals surface area contributed by atoms with Crippen LogP contribution in [0.15, 0.2) is 12.1 Å². The minimum atomic E-state index is 0.576. The highest BCUT2D eigenvalue weighted by Gasteiger charge is 2.34. The molecule has 1 aromatic carbocycles. The molecule has 0 unspecified atom stereocenters. The van der Waals surface area contributed by atoms with E-state index in [0.717, 1.165) is 29.8 Å². The number of hydrogen-bond donors (Lipinski definition) is 0. The highest BCUT2D eigenvalue weighted by molar-refractivity contribution is 5.49. The maximum atomic E-state index is 5.51. The average Bonchev–Trinajstić information content (AvgIpc) is 2.52. The average molecular weight is 303 g/mol. The van der Waals surface area contributed by atoms with E-state index in [1.807, 2.05) is 0 Å². The quantitative estimate of drug-likeness (QED) is 0.837. The number of benzene rings is 1. The molecule has 0 saturated carbocycles. The Morgan fingerprint density at radius 3 is 2.55 bits per heavy atom. The number of nitrogens with zero attached hydrogens (tertiary/aromatic N) is 1. The van der Waals surface area contributed by atoms with Crippen LogP contribution in [0.5, 0.6) is 11.5 Å². The van der Waals surface area contributed by atoms with E-state index >= 15 is 0 Å². The molecule has 0 aromatic heterocycles. The van der Waals surface area contributed by atoms with Gasteiger partial charge < -0.3 is 9.47 Å². The van der Waals surface area contributed by atoms with Crippen molar-refractivity contribution in [2.24, 2.45) is 11.8 Å². The van der Waals surface area contributed by atoms with Gasteiger partial charge >= 0.3 is 0 Å². The second kappa shape index (κ2) is 6.49. The van der Waals surface area contributed by atoms with Crippen molar-refractivity contribution in [1.29, 1.82) is 0 Å². The zero-order valence-electron chi connectivity index (χ0n) is 14.4. The zero-order valence-corrected chi connectivity index (χ0v) is 14.4. The predicted molar refractivity (Wildman–Crippen MR) is 89.7 cm³/mol. The van der Waals surface area contributed by atoms with Crippen molar-refractivity contribution in [3.05, 3.63) is 23.3 Å². The molecule has 2 aliphatic heterocycles. The lowest BCUT2D eigenvalue weighted by molar-refractivity contribution is 0.0894. The SMILES string of the molecule is COc1cc2c(cc1OC)[C@@H]1CC[C@@H](CC(C)C)CN1CC2. The van der Waals surface area contributed by atoms with Crippen molar-refractivity contribution in [2.45, 2.75) is 45.6 Å². The van der Waals surface area contributed by atoms with Crippen molar-refractivity contribution < 1.29 is 9.47 Å². The van der Waals surface area contributed by atoms with Gasteiger partial charge in [-0.1, -0.05) is 13.8 Å². The molecule has 0 aliphatic carbocycles. The molecule has 3 heteroatoms. The number of rotatable bonds is 4. The summed E-state index contributed by atoms with van der Waals surface area (Å²) in [5, 5.41) is 0. The Hall–Kier alpha value is -1.22. The normalized spacial score (nSPS) is 24.8.